The summed E-state index contributed by atoms with van der Waals surface area (Å²) in [5.74, 6) is 0.0729. The molecule has 5 heteroatoms. The molecule has 11 heavy (non-hydrogen) atoms. The van der Waals surface area contributed by atoms with Crippen LogP contribution in [0.1, 0.15) is 6.42 Å². The normalized spacial score (nSPS) is 18.9. The van der Waals surface area contributed by atoms with Gasteiger partial charge in [-0.3, -0.25) is 4.79 Å². The van der Waals surface area contributed by atoms with Crippen molar-refractivity contribution in [1.29, 1.82) is 0 Å². The van der Waals surface area contributed by atoms with Crippen LogP contribution in [0, 0.1) is 0 Å². The Labute approximate surface area is 70.7 Å². The number of carbonyl (C=O) groups is 1. The van der Waals surface area contributed by atoms with Gasteiger partial charge in [0.25, 0.3) is 0 Å². The lowest BCUT2D eigenvalue weighted by atomic mass is 10.4. The van der Waals surface area contributed by atoms with Crippen LogP contribution in [0.15, 0.2) is 0 Å². The van der Waals surface area contributed by atoms with E-state index in [1.54, 1.807) is 0 Å². The Balaban J connectivity index is 2.46. The van der Waals surface area contributed by atoms with E-state index in [9.17, 15) is 4.79 Å². The Kier molecular flexibility index (Phi) is 2.64. The van der Waals surface area contributed by atoms with Crippen LogP contribution in [0.2, 0.25) is 0 Å². The predicted octanol–water partition coefficient (Wildman–Crippen LogP) is -0.948. The lowest BCUT2D eigenvalue weighted by Crippen LogP contribution is -2.37. The van der Waals surface area contributed by atoms with Crippen molar-refractivity contribution in [3.05, 3.63) is 0 Å². The van der Waals surface area contributed by atoms with Crippen molar-refractivity contribution in [3.8, 4) is 0 Å². The van der Waals surface area contributed by atoms with Crippen LogP contribution in [-0.4, -0.2) is 35.6 Å². The molecule has 0 aliphatic carbocycles. The van der Waals surface area contributed by atoms with E-state index in [1.165, 1.54) is 0 Å². The SMILES string of the molecule is NC(=S)N1CCNC(=O)CC1. The van der Waals surface area contributed by atoms with Gasteiger partial charge in [0, 0.05) is 26.1 Å². The molecule has 0 aromatic rings. The van der Waals surface area contributed by atoms with Crippen molar-refractivity contribution < 1.29 is 4.79 Å². The zero-order valence-corrected chi connectivity index (χ0v) is 6.99. The maximum absolute atomic E-state index is 10.8. The van der Waals surface area contributed by atoms with Crippen LogP contribution in [0.25, 0.3) is 0 Å². The number of hydrogen-bond donors (Lipinski definition) is 2. The Morgan fingerprint density at radius 3 is 3.00 bits per heavy atom. The van der Waals surface area contributed by atoms with Gasteiger partial charge in [0.1, 0.15) is 0 Å². The lowest BCUT2D eigenvalue weighted by molar-refractivity contribution is -0.120. The molecule has 1 saturated heterocycles. The summed E-state index contributed by atoms with van der Waals surface area (Å²) in [4.78, 5) is 12.7. The minimum atomic E-state index is 0.0729. The monoisotopic (exact) mass is 173 g/mol. The molecule has 62 valence electrons. The summed E-state index contributed by atoms with van der Waals surface area (Å²) in [7, 11) is 0. The Morgan fingerprint density at radius 2 is 2.36 bits per heavy atom. The van der Waals surface area contributed by atoms with Crippen LogP contribution in [0.5, 0.6) is 0 Å². The fourth-order valence-corrected chi connectivity index (χ4v) is 1.17. The third kappa shape index (κ3) is 2.34. The standard InChI is InChI=1S/C6H11N3OS/c7-6(11)9-3-1-5(10)8-2-4-9/h1-4H2,(H2,7,11)(H,8,10). The van der Waals surface area contributed by atoms with Gasteiger partial charge in [-0.1, -0.05) is 0 Å². The molecule has 1 aliphatic rings. The van der Waals surface area contributed by atoms with E-state index in [-0.39, 0.29) is 5.91 Å². The highest BCUT2D eigenvalue weighted by molar-refractivity contribution is 7.80. The highest BCUT2D eigenvalue weighted by Gasteiger charge is 2.12. The van der Waals surface area contributed by atoms with Crippen LogP contribution < -0.4 is 11.1 Å². The smallest absolute Gasteiger partial charge is 0.221 e. The topological polar surface area (TPSA) is 58.4 Å². The minimum Gasteiger partial charge on any atom is -0.376 e. The molecule has 0 bridgehead atoms. The molecule has 0 aromatic heterocycles. The molecule has 1 rings (SSSR count). The maximum Gasteiger partial charge on any atom is 0.221 e. The van der Waals surface area contributed by atoms with Crippen molar-refractivity contribution in [2.24, 2.45) is 5.73 Å². The molecule has 0 saturated carbocycles. The van der Waals surface area contributed by atoms with Crippen LogP contribution in [0.4, 0.5) is 0 Å². The molecule has 4 nitrogen and oxygen atoms in total. The first-order valence-corrected chi connectivity index (χ1v) is 3.92. The van der Waals surface area contributed by atoms with Crippen LogP contribution in [-0.2, 0) is 4.79 Å². The number of thiocarbonyl (C=S) groups is 1. The van der Waals surface area contributed by atoms with Gasteiger partial charge in [-0.05, 0) is 12.2 Å². The number of carbonyl (C=O) groups excluding carboxylic acids is 1. The van der Waals surface area contributed by atoms with Gasteiger partial charge in [-0.2, -0.15) is 0 Å². The van der Waals surface area contributed by atoms with Gasteiger partial charge in [0.05, 0.1) is 0 Å². The van der Waals surface area contributed by atoms with Crippen molar-refractivity contribution in [1.82, 2.24) is 10.2 Å². The van der Waals surface area contributed by atoms with Crippen molar-refractivity contribution in [2.75, 3.05) is 19.6 Å². The first kappa shape index (κ1) is 8.26. The molecule has 1 aliphatic heterocycles. The first-order valence-electron chi connectivity index (χ1n) is 3.51. The minimum absolute atomic E-state index is 0.0729. The number of amides is 1. The van der Waals surface area contributed by atoms with Crippen molar-refractivity contribution in [3.63, 3.8) is 0 Å². The molecule has 1 amide bonds. The highest BCUT2D eigenvalue weighted by Crippen LogP contribution is 1.95. The van der Waals surface area contributed by atoms with E-state index in [1.807, 2.05) is 4.90 Å². The third-order valence-electron chi connectivity index (χ3n) is 1.62. The molecular weight excluding hydrogens is 162 g/mol. The summed E-state index contributed by atoms with van der Waals surface area (Å²) in [5, 5.41) is 3.11. The van der Waals surface area contributed by atoms with E-state index >= 15 is 0 Å². The summed E-state index contributed by atoms with van der Waals surface area (Å²) in [6.07, 6.45) is 0.483. The number of rotatable bonds is 0. The summed E-state index contributed by atoms with van der Waals surface area (Å²) >= 11 is 4.78. The van der Waals surface area contributed by atoms with E-state index in [0.29, 0.717) is 24.6 Å². The van der Waals surface area contributed by atoms with Crippen molar-refractivity contribution >= 4 is 23.2 Å². The van der Waals surface area contributed by atoms with Gasteiger partial charge in [0.2, 0.25) is 5.91 Å². The molecule has 0 unspecified atom stereocenters. The molecule has 0 aromatic carbocycles. The fourth-order valence-electron chi connectivity index (χ4n) is 0.987. The van der Waals surface area contributed by atoms with E-state index in [4.69, 9.17) is 18.0 Å². The molecule has 3 N–H and O–H groups in total. The number of nitrogens with two attached hydrogens (primary N) is 1. The zero-order valence-electron chi connectivity index (χ0n) is 6.17. The third-order valence-corrected chi connectivity index (χ3v) is 1.88. The van der Waals surface area contributed by atoms with Gasteiger partial charge in [0.15, 0.2) is 5.11 Å². The van der Waals surface area contributed by atoms with E-state index in [0.717, 1.165) is 6.54 Å². The van der Waals surface area contributed by atoms with Gasteiger partial charge < -0.3 is 16.0 Å². The molecule has 0 atom stereocenters. The maximum atomic E-state index is 10.8. The van der Waals surface area contributed by atoms with E-state index in [2.05, 4.69) is 5.32 Å². The number of nitrogens with one attached hydrogen (secondary N) is 1. The van der Waals surface area contributed by atoms with Crippen LogP contribution in [0.3, 0.4) is 0 Å². The van der Waals surface area contributed by atoms with Gasteiger partial charge in [-0.15, -0.1) is 0 Å². The fraction of sp³-hybridized carbons (Fsp3) is 0.667. The van der Waals surface area contributed by atoms with Gasteiger partial charge in [-0.25, -0.2) is 0 Å². The largest absolute Gasteiger partial charge is 0.376 e. The molecule has 1 fully saturated rings. The summed E-state index contributed by atoms with van der Waals surface area (Å²) in [6.45, 7) is 2.00. The molecule has 1 heterocycles. The van der Waals surface area contributed by atoms with Crippen molar-refractivity contribution in [2.45, 2.75) is 6.42 Å². The predicted molar refractivity (Wildman–Crippen MR) is 46.0 cm³/mol. The average Bonchev–Trinajstić information content (AvgIpc) is 2.13. The second-order valence-electron chi connectivity index (χ2n) is 2.43. The van der Waals surface area contributed by atoms with Gasteiger partial charge >= 0.3 is 0 Å². The summed E-state index contributed by atoms with van der Waals surface area (Å²) in [6, 6.07) is 0. The zero-order chi connectivity index (χ0) is 8.27. The number of hydrogen-bond acceptors (Lipinski definition) is 2. The molecular formula is C6H11N3OS. The lowest BCUT2D eigenvalue weighted by Gasteiger charge is -2.18. The highest BCUT2D eigenvalue weighted by atomic mass is 32.1. The van der Waals surface area contributed by atoms with E-state index < -0.39 is 0 Å². The van der Waals surface area contributed by atoms with Crippen LogP contribution >= 0.6 is 12.2 Å². The molecule has 0 radical (unpaired) electrons. The average molecular weight is 173 g/mol. The second kappa shape index (κ2) is 3.52. The number of nitrogens with zero attached hydrogens (tertiary/aromatic N) is 1. The summed E-state index contributed by atoms with van der Waals surface area (Å²) < 4.78 is 0. The Bertz CT molecular complexity index is 183. The Hall–Kier alpha value is -0.840. The Morgan fingerprint density at radius 1 is 1.64 bits per heavy atom. The summed E-state index contributed by atoms with van der Waals surface area (Å²) in [5.41, 5.74) is 5.40. The second-order valence-corrected chi connectivity index (χ2v) is 2.84. The quantitative estimate of drug-likeness (QED) is 0.464. The first-order chi connectivity index (χ1) is 5.20. The molecule has 0 spiro atoms.